The molecule has 1 aromatic rings. The molecule has 0 spiro atoms. The van der Waals surface area contributed by atoms with Crippen molar-refractivity contribution in [1.82, 2.24) is 0 Å². The van der Waals surface area contributed by atoms with Gasteiger partial charge in [0.05, 0.1) is 13.5 Å². The van der Waals surface area contributed by atoms with E-state index in [0.29, 0.717) is 24.4 Å². The lowest BCUT2D eigenvalue weighted by molar-refractivity contribution is -0.277. The predicted octanol–water partition coefficient (Wildman–Crippen LogP) is 1.31. The normalized spacial score (nSPS) is 27.4. The number of aryl methyl sites for hydroxylation is 1. The number of hydrogen-bond acceptors (Lipinski definition) is 6. The lowest BCUT2D eigenvalue weighted by Crippen LogP contribution is -2.40. The summed E-state index contributed by atoms with van der Waals surface area (Å²) in [6.45, 7) is 0.236. The molecule has 0 saturated carbocycles. The maximum Gasteiger partial charge on any atom is 0.231 e. The van der Waals surface area contributed by atoms with Crippen molar-refractivity contribution in [2.75, 3.05) is 13.9 Å². The van der Waals surface area contributed by atoms with Gasteiger partial charge in [0.15, 0.2) is 23.6 Å². The third kappa shape index (κ3) is 3.12. The quantitative estimate of drug-likeness (QED) is 0.872. The van der Waals surface area contributed by atoms with Gasteiger partial charge in [0, 0.05) is 12.5 Å². The van der Waals surface area contributed by atoms with Crippen molar-refractivity contribution in [3.05, 3.63) is 35.6 Å². The topological polar surface area (TPSA) is 77.4 Å². The Morgan fingerprint density at radius 1 is 1.33 bits per heavy atom. The van der Waals surface area contributed by atoms with Crippen molar-refractivity contribution in [3.8, 4) is 11.5 Å². The number of benzene rings is 1. The van der Waals surface area contributed by atoms with Gasteiger partial charge in [0.25, 0.3) is 0 Å². The molecule has 2 aliphatic rings. The number of ether oxygens (including phenoxy) is 4. The second-order valence-corrected chi connectivity index (χ2v) is 5.16. The zero-order valence-electron chi connectivity index (χ0n) is 11.7. The van der Waals surface area contributed by atoms with Crippen LogP contribution in [0.4, 0.5) is 0 Å². The molecule has 6 heteroatoms. The number of fused-ring (bicyclic) bond motifs is 1. The molecule has 0 radical (unpaired) electrons. The molecule has 0 amide bonds. The Balaban J connectivity index is 1.65. The van der Waals surface area contributed by atoms with Crippen molar-refractivity contribution in [2.24, 2.45) is 0 Å². The average Bonchev–Trinajstić information content (AvgIpc) is 2.91. The Morgan fingerprint density at radius 2 is 2.14 bits per heavy atom. The van der Waals surface area contributed by atoms with Crippen LogP contribution in [0.2, 0.25) is 0 Å². The summed E-state index contributed by atoms with van der Waals surface area (Å²) in [6.07, 6.45) is 1.41. The Hall–Kier alpha value is -1.76. The minimum Gasteiger partial charge on any atom is -0.501 e. The molecule has 0 bridgehead atoms. The van der Waals surface area contributed by atoms with Gasteiger partial charge >= 0.3 is 0 Å². The molecule has 0 saturated heterocycles. The Morgan fingerprint density at radius 3 is 2.95 bits per heavy atom. The van der Waals surface area contributed by atoms with Crippen LogP contribution in [0.1, 0.15) is 18.4 Å². The largest absolute Gasteiger partial charge is 0.501 e. The van der Waals surface area contributed by atoms with Gasteiger partial charge in [-0.2, -0.15) is 0 Å². The molecule has 0 fully saturated rings. The molecule has 2 aliphatic heterocycles. The summed E-state index contributed by atoms with van der Waals surface area (Å²) < 4.78 is 20.9. The molecule has 2 N–H and O–H groups in total. The van der Waals surface area contributed by atoms with E-state index in [0.717, 1.165) is 11.3 Å². The van der Waals surface area contributed by atoms with Gasteiger partial charge < -0.3 is 29.2 Å². The first kappa shape index (κ1) is 14.2. The van der Waals surface area contributed by atoms with E-state index in [1.165, 1.54) is 13.2 Å². The maximum atomic E-state index is 10.4. The van der Waals surface area contributed by atoms with E-state index < -0.39 is 12.1 Å². The molecule has 2 heterocycles. The minimum atomic E-state index is -1.43. The SMILES string of the molecule is COC1=CC(O)OC(O)(CCc2ccc3c(c2)OCO3)C1. The lowest BCUT2D eigenvalue weighted by atomic mass is 9.99. The summed E-state index contributed by atoms with van der Waals surface area (Å²) in [5, 5.41) is 20.0. The summed E-state index contributed by atoms with van der Waals surface area (Å²) in [5.41, 5.74) is 0.999. The molecular formula is C15H18O6. The minimum absolute atomic E-state index is 0.213. The first-order valence-corrected chi connectivity index (χ1v) is 6.79. The summed E-state index contributed by atoms with van der Waals surface area (Å²) >= 11 is 0. The van der Waals surface area contributed by atoms with Crippen LogP contribution in [0.15, 0.2) is 30.0 Å². The van der Waals surface area contributed by atoms with Crippen LogP contribution >= 0.6 is 0 Å². The Bertz CT molecular complexity index is 555. The number of aliphatic hydroxyl groups is 2. The lowest BCUT2D eigenvalue weighted by Gasteiger charge is -2.34. The second kappa shape index (κ2) is 5.55. The first-order valence-electron chi connectivity index (χ1n) is 6.79. The molecule has 1 aromatic carbocycles. The summed E-state index contributed by atoms with van der Waals surface area (Å²) in [6, 6.07) is 5.65. The number of aliphatic hydroxyl groups excluding tert-OH is 1. The highest BCUT2D eigenvalue weighted by Gasteiger charge is 2.35. The Labute approximate surface area is 122 Å². The van der Waals surface area contributed by atoms with Crippen LogP contribution in [0.5, 0.6) is 11.5 Å². The van der Waals surface area contributed by atoms with Gasteiger partial charge in [-0.1, -0.05) is 6.07 Å². The van der Waals surface area contributed by atoms with Crippen LogP contribution in [0.3, 0.4) is 0 Å². The van der Waals surface area contributed by atoms with Gasteiger partial charge in [-0.25, -0.2) is 0 Å². The van der Waals surface area contributed by atoms with Crippen molar-refractivity contribution in [2.45, 2.75) is 31.3 Å². The standard InChI is InChI=1S/C15H18O6/c1-18-11-7-14(16)21-15(17,8-11)5-4-10-2-3-12-13(6-10)20-9-19-12/h2-3,6-7,14,16-17H,4-5,8-9H2,1H3. The third-order valence-corrected chi connectivity index (χ3v) is 3.62. The van der Waals surface area contributed by atoms with Crippen LogP contribution in [0, 0.1) is 0 Å². The second-order valence-electron chi connectivity index (χ2n) is 5.16. The highest BCUT2D eigenvalue weighted by Crippen LogP contribution is 2.34. The number of hydrogen-bond donors (Lipinski definition) is 2. The van der Waals surface area contributed by atoms with E-state index in [2.05, 4.69) is 0 Å². The van der Waals surface area contributed by atoms with Crippen LogP contribution in [-0.4, -0.2) is 36.2 Å². The maximum absolute atomic E-state index is 10.4. The molecule has 3 rings (SSSR count). The molecule has 2 unspecified atom stereocenters. The summed E-state index contributed by atoms with van der Waals surface area (Å²) in [7, 11) is 1.50. The monoisotopic (exact) mass is 294 g/mol. The van der Waals surface area contributed by atoms with Gasteiger partial charge in [0.2, 0.25) is 6.79 Å². The zero-order valence-corrected chi connectivity index (χ0v) is 11.7. The van der Waals surface area contributed by atoms with E-state index >= 15 is 0 Å². The first-order chi connectivity index (χ1) is 10.1. The summed E-state index contributed by atoms with van der Waals surface area (Å²) in [5.74, 6) is 0.519. The molecule has 6 nitrogen and oxygen atoms in total. The van der Waals surface area contributed by atoms with Gasteiger partial charge in [-0.3, -0.25) is 0 Å². The van der Waals surface area contributed by atoms with Crippen LogP contribution < -0.4 is 9.47 Å². The van der Waals surface area contributed by atoms with E-state index in [9.17, 15) is 10.2 Å². The van der Waals surface area contributed by atoms with Crippen molar-refractivity contribution < 1.29 is 29.2 Å². The third-order valence-electron chi connectivity index (χ3n) is 3.62. The molecule has 114 valence electrons. The average molecular weight is 294 g/mol. The highest BCUT2D eigenvalue weighted by atomic mass is 16.7. The summed E-state index contributed by atoms with van der Waals surface area (Å²) in [4.78, 5) is 0. The fourth-order valence-corrected chi connectivity index (χ4v) is 2.51. The van der Waals surface area contributed by atoms with Gasteiger partial charge in [-0.05, 0) is 24.1 Å². The van der Waals surface area contributed by atoms with Crippen LogP contribution in [-0.2, 0) is 15.9 Å². The zero-order chi connectivity index (χ0) is 14.9. The number of methoxy groups -OCH3 is 1. The smallest absolute Gasteiger partial charge is 0.231 e. The van der Waals surface area contributed by atoms with Crippen molar-refractivity contribution in [1.29, 1.82) is 0 Å². The van der Waals surface area contributed by atoms with Crippen LogP contribution in [0.25, 0.3) is 0 Å². The molecule has 2 atom stereocenters. The van der Waals surface area contributed by atoms with E-state index in [4.69, 9.17) is 18.9 Å². The Kier molecular flexibility index (Phi) is 3.75. The van der Waals surface area contributed by atoms with Crippen molar-refractivity contribution >= 4 is 0 Å². The molecular weight excluding hydrogens is 276 g/mol. The van der Waals surface area contributed by atoms with E-state index in [-0.39, 0.29) is 13.2 Å². The fourth-order valence-electron chi connectivity index (χ4n) is 2.51. The van der Waals surface area contributed by atoms with Gasteiger partial charge in [-0.15, -0.1) is 0 Å². The predicted molar refractivity (Wildman–Crippen MR) is 72.6 cm³/mol. The van der Waals surface area contributed by atoms with Crippen molar-refractivity contribution in [3.63, 3.8) is 0 Å². The van der Waals surface area contributed by atoms with E-state index in [1.807, 2.05) is 18.2 Å². The fraction of sp³-hybridized carbons (Fsp3) is 0.467. The molecule has 0 aromatic heterocycles. The van der Waals surface area contributed by atoms with E-state index in [1.54, 1.807) is 0 Å². The highest BCUT2D eigenvalue weighted by molar-refractivity contribution is 5.44. The van der Waals surface area contributed by atoms with Gasteiger partial charge in [0.1, 0.15) is 5.76 Å². The molecule has 21 heavy (non-hydrogen) atoms. The number of rotatable bonds is 4. The molecule has 0 aliphatic carbocycles.